The van der Waals surface area contributed by atoms with Crippen LogP contribution >= 0.6 is 11.3 Å². The Morgan fingerprint density at radius 1 is 1.00 bits per heavy atom. The van der Waals surface area contributed by atoms with E-state index in [4.69, 9.17) is 0 Å². The van der Waals surface area contributed by atoms with Crippen molar-refractivity contribution >= 4 is 28.3 Å². The molecule has 2 aromatic carbocycles. The molecule has 1 fully saturated rings. The molecule has 0 atom stereocenters. The number of benzene rings is 2. The van der Waals surface area contributed by atoms with Gasteiger partial charge in [0.25, 0.3) is 5.91 Å². The van der Waals surface area contributed by atoms with Gasteiger partial charge in [-0.1, -0.05) is 41.7 Å². The third-order valence-corrected chi connectivity index (χ3v) is 6.31. The second-order valence-corrected chi connectivity index (χ2v) is 8.61. The van der Waals surface area contributed by atoms with E-state index >= 15 is 0 Å². The molecule has 0 radical (unpaired) electrons. The van der Waals surface area contributed by atoms with Gasteiger partial charge >= 0.3 is 0 Å². The van der Waals surface area contributed by atoms with E-state index < -0.39 is 0 Å². The van der Waals surface area contributed by atoms with Crippen LogP contribution in [-0.4, -0.2) is 40.0 Å². The fourth-order valence-corrected chi connectivity index (χ4v) is 4.37. The number of nitrogens with one attached hydrogen (secondary N) is 1. The molecule has 160 valence electrons. The minimum Gasteiger partial charge on any atom is -0.339 e. The maximum atomic E-state index is 13.1. The van der Waals surface area contributed by atoms with Crippen LogP contribution < -0.4 is 5.32 Å². The first-order valence-electron chi connectivity index (χ1n) is 10.3. The van der Waals surface area contributed by atoms with Gasteiger partial charge < -0.3 is 10.2 Å². The number of hydrogen-bond acceptors (Lipinski definition) is 5. The molecule has 4 rings (SSSR count). The molecule has 3 aromatic rings. The lowest BCUT2D eigenvalue weighted by Gasteiger charge is -2.31. The molecule has 1 saturated heterocycles. The first-order chi connectivity index (χ1) is 15.1. The Hall–Kier alpha value is -3.13. The average molecular weight is 439 g/mol. The quantitative estimate of drug-likeness (QED) is 0.632. The minimum absolute atomic E-state index is 0.0837. The SMILES string of the molecule is O=C(Nc1nnc(CCc2ccccc2)s1)C1CCN(C(=O)c2ccc(F)cc2)CC1. The van der Waals surface area contributed by atoms with Crippen LogP contribution in [0.5, 0.6) is 0 Å². The summed E-state index contributed by atoms with van der Waals surface area (Å²) in [5, 5.41) is 12.5. The summed E-state index contributed by atoms with van der Waals surface area (Å²) in [5.74, 6) is -0.758. The van der Waals surface area contributed by atoms with Gasteiger partial charge in [-0.25, -0.2) is 4.39 Å². The Balaban J connectivity index is 1.25. The Morgan fingerprint density at radius 3 is 2.42 bits per heavy atom. The number of rotatable bonds is 6. The second kappa shape index (κ2) is 9.78. The highest BCUT2D eigenvalue weighted by Crippen LogP contribution is 2.23. The van der Waals surface area contributed by atoms with Crippen molar-refractivity contribution in [1.82, 2.24) is 15.1 Å². The predicted octanol–water partition coefficient (Wildman–Crippen LogP) is 3.95. The molecule has 0 spiro atoms. The van der Waals surface area contributed by atoms with Crippen LogP contribution in [-0.2, 0) is 17.6 Å². The van der Waals surface area contributed by atoms with E-state index in [9.17, 15) is 14.0 Å². The van der Waals surface area contributed by atoms with E-state index in [-0.39, 0.29) is 23.5 Å². The highest BCUT2D eigenvalue weighted by atomic mass is 32.1. The number of carbonyl (C=O) groups excluding carboxylic acids is 2. The molecule has 0 aliphatic carbocycles. The van der Waals surface area contributed by atoms with E-state index in [2.05, 4.69) is 27.6 Å². The molecule has 0 unspecified atom stereocenters. The first kappa shape index (κ1) is 21.1. The summed E-state index contributed by atoms with van der Waals surface area (Å²) in [6.07, 6.45) is 2.82. The molecule has 6 nitrogen and oxygen atoms in total. The zero-order chi connectivity index (χ0) is 21.6. The molecule has 1 aromatic heterocycles. The van der Waals surface area contributed by atoms with Gasteiger partial charge in [-0.15, -0.1) is 10.2 Å². The van der Waals surface area contributed by atoms with E-state index in [1.807, 2.05) is 18.2 Å². The number of aryl methyl sites for hydroxylation is 2. The molecular weight excluding hydrogens is 415 g/mol. The van der Waals surface area contributed by atoms with Gasteiger partial charge in [-0.3, -0.25) is 9.59 Å². The third kappa shape index (κ3) is 5.52. The Labute approximate surface area is 184 Å². The van der Waals surface area contributed by atoms with Crippen molar-refractivity contribution in [1.29, 1.82) is 0 Å². The lowest BCUT2D eigenvalue weighted by atomic mass is 9.95. The number of nitrogens with zero attached hydrogens (tertiary/aromatic N) is 3. The van der Waals surface area contributed by atoms with Crippen molar-refractivity contribution in [2.24, 2.45) is 5.92 Å². The number of carbonyl (C=O) groups is 2. The zero-order valence-corrected chi connectivity index (χ0v) is 17.8. The number of aromatic nitrogens is 2. The lowest BCUT2D eigenvalue weighted by Crippen LogP contribution is -2.41. The molecule has 2 heterocycles. The average Bonchev–Trinajstić information content (AvgIpc) is 3.26. The van der Waals surface area contributed by atoms with Crippen LogP contribution in [0, 0.1) is 11.7 Å². The molecule has 0 bridgehead atoms. The molecule has 2 amide bonds. The number of anilines is 1. The van der Waals surface area contributed by atoms with Crippen molar-refractivity contribution in [3.05, 3.63) is 76.5 Å². The van der Waals surface area contributed by atoms with Crippen LogP contribution in [0.2, 0.25) is 0 Å². The summed E-state index contributed by atoms with van der Waals surface area (Å²) in [5.41, 5.74) is 1.70. The maximum absolute atomic E-state index is 13.1. The minimum atomic E-state index is -0.369. The van der Waals surface area contributed by atoms with Crippen molar-refractivity contribution in [3.8, 4) is 0 Å². The fourth-order valence-electron chi connectivity index (χ4n) is 3.63. The molecule has 1 N–H and O–H groups in total. The van der Waals surface area contributed by atoms with Crippen molar-refractivity contribution < 1.29 is 14.0 Å². The van der Waals surface area contributed by atoms with Gasteiger partial charge in [0, 0.05) is 31.0 Å². The van der Waals surface area contributed by atoms with Gasteiger partial charge in [0.15, 0.2) is 0 Å². The van der Waals surface area contributed by atoms with E-state index in [1.165, 1.54) is 41.2 Å². The first-order valence-corrected chi connectivity index (χ1v) is 11.1. The molecule has 31 heavy (non-hydrogen) atoms. The van der Waals surface area contributed by atoms with Gasteiger partial charge in [0.1, 0.15) is 10.8 Å². The predicted molar refractivity (Wildman–Crippen MR) is 117 cm³/mol. The molecule has 8 heteroatoms. The summed E-state index contributed by atoms with van der Waals surface area (Å²) in [7, 11) is 0. The monoisotopic (exact) mass is 438 g/mol. The third-order valence-electron chi connectivity index (χ3n) is 5.41. The number of likely N-dealkylation sites (tertiary alicyclic amines) is 1. The number of piperidine rings is 1. The largest absolute Gasteiger partial charge is 0.339 e. The number of amides is 2. The van der Waals surface area contributed by atoms with Crippen LogP contribution in [0.25, 0.3) is 0 Å². The standard InChI is InChI=1S/C23H23FN4O2S/c24-19-9-7-18(8-10-19)22(30)28-14-12-17(13-15-28)21(29)25-23-27-26-20(31-23)11-6-16-4-2-1-3-5-16/h1-5,7-10,17H,6,11-15H2,(H,25,27,29). The van der Waals surface area contributed by atoms with Crippen LogP contribution in [0.1, 0.15) is 33.8 Å². The van der Waals surface area contributed by atoms with Crippen LogP contribution in [0.3, 0.4) is 0 Å². The van der Waals surface area contributed by atoms with Gasteiger partial charge in [0.05, 0.1) is 0 Å². The fraction of sp³-hybridized carbons (Fsp3) is 0.304. The molecule has 1 aliphatic heterocycles. The van der Waals surface area contributed by atoms with Crippen molar-refractivity contribution in [2.45, 2.75) is 25.7 Å². The smallest absolute Gasteiger partial charge is 0.253 e. The summed E-state index contributed by atoms with van der Waals surface area (Å²) >= 11 is 1.40. The highest BCUT2D eigenvalue weighted by Gasteiger charge is 2.28. The number of hydrogen-bond donors (Lipinski definition) is 1. The Kier molecular flexibility index (Phi) is 6.66. The normalized spacial score (nSPS) is 14.4. The highest BCUT2D eigenvalue weighted by molar-refractivity contribution is 7.15. The van der Waals surface area contributed by atoms with E-state index in [0.29, 0.717) is 36.6 Å². The molecular formula is C23H23FN4O2S. The van der Waals surface area contributed by atoms with Gasteiger partial charge in [-0.05, 0) is 49.1 Å². The van der Waals surface area contributed by atoms with Crippen molar-refractivity contribution in [3.63, 3.8) is 0 Å². The summed E-state index contributed by atoms with van der Waals surface area (Å²) in [6, 6.07) is 15.7. The van der Waals surface area contributed by atoms with Gasteiger partial charge in [0.2, 0.25) is 11.0 Å². The molecule has 0 saturated carbocycles. The Bertz CT molecular complexity index is 1030. The lowest BCUT2D eigenvalue weighted by molar-refractivity contribution is -0.121. The summed E-state index contributed by atoms with van der Waals surface area (Å²) in [4.78, 5) is 26.9. The summed E-state index contributed by atoms with van der Waals surface area (Å²) < 4.78 is 13.1. The Morgan fingerprint density at radius 2 is 1.71 bits per heavy atom. The van der Waals surface area contributed by atoms with Crippen LogP contribution in [0.4, 0.5) is 9.52 Å². The van der Waals surface area contributed by atoms with Gasteiger partial charge in [-0.2, -0.15) is 0 Å². The number of halogens is 1. The van der Waals surface area contributed by atoms with E-state index in [0.717, 1.165) is 17.8 Å². The maximum Gasteiger partial charge on any atom is 0.253 e. The second-order valence-electron chi connectivity index (χ2n) is 7.55. The van der Waals surface area contributed by atoms with E-state index in [1.54, 1.807) is 4.90 Å². The van der Waals surface area contributed by atoms with Crippen molar-refractivity contribution in [2.75, 3.05) is 18.4 Å². The molecule has 1 aliphatic rings. The van der Waals surface area contributed by atoms with Crippen LogP contribution in [0.15, 0.2) is 54.6 Å². The summed E-state index contributed by atoms with van der Waals surface area (Å²) in [6.45, 7) is 0.986. The zero-order valence-electron chi connectivity index (χ0n) is 17.0. The topological polar surface area (TPSA) is 75.2 Å².